The van der Waals surface area contributed by atoms with Crippen molar-refractivity contribution in [1.29, 1.82) is 0 Å². The fourth-order valence-corrected chi connectivity index (χ4v) is 5.49. The first kappa shape index (κ1) is 27.0. The molecule has 0 aliphatic carbocycles. The molecule has 4 N–H and O–H groups in total. The molecule has 10 heteroatoms. The number of aromatic hydroxyl groups is 1. The average Bonchev–Trinajstić information content (AvgIpc) is 3.45. The van der Waals surface area contributed by atoms with Crippen LogP contribution in [-0.2, 0) is 6.42 Å². The zero-order valence-corrected chi connectivity index (χ0v) is 23.9. The van der Waals surface area contributed by atoms with E-state index in [-0.39, 0.29) is 24.8 Å². The molecule has 0 aliphatic heterocycles. The summed E-state index contributed by atoms with van der Waals surface area (Å²) >= 11 is 8.76. The van der Waals surface area contributed by atoms with Gasteiger partial charge >= 0.3 is 5.69 Å². The van der Waals surface area contributed by atoms with Crippen molar-refractivity contribution in [3.63, 3.8) is 0 Å². The van der Waals surface area contributed by atoms with Gasteiger partial charge in [0.15, 0.2) is 0 Å². The van der Waals surface area contributed by atoms with E-state index in [4.69, 9.17) is 26.4 Å². The van der Waals surface area contributed by atoms with Crippen LogP contribution in [0.3, 0.4) is 0 Å². The lowest BCUT2D eigenvalue weighted by atomic mass is 10.0. The van der Waals surface area contributed by atoms with Crippen molar-refractivity contribution >= 4 is 34.2 Å². The number of aromatic nitrogens is 4. The Kier molecular flexibility index (Phi) is 8.10. The van der Waals surface area contributed by atoms with E-state index in [1.807, 2.05) is 55.5 Å². The van der Waals surface area contributed by atoms with Gasteiger partial charge in [0, 0.05) is 26.8 Å². The van der Waals surface area contributed by atoms with Gasteiger partial charge in [0.1, 0.15) is 29.9 Å². The first-order chi connectivity index (χ1) is 18.9. The minimum Gasteiger partial charge on any atom is -0.493 e. The summed E-state index contributed by atoms with van der Waals surface area (Å²) in [6.45, 7) is 1.99. The maximum absolute atomic E-state index is 13.3. The minimum atomic E-state index is -0.632. The second-order valence-corrected chi connectivity index (χ2v) is 10.7. The predicted molar refractivity (Wildman–Crippen MR) is 160 cm³/mol. The molecule has 0 aliphatic rings. The monoisotopic (exact) mass is 656 g/mol. The molecule has 5 aromatic rings. The van der Waals surface area contributed by atoms with Crippen LogP contribution in [0.25, 0.3) is 22.5 Å². The lowest BCUT2D eigenvalue weighted by molar-refractivity contribution is 0.201. The lowest BCUT2D eigenvalue weighted by Gasteiger charge is -2.17. The Balaban J connectivity index is 1.58. The van der Waals surface area contributed by atoms with Crippen molar-refractivity contribution in [2.75, 3.05) is 13.2 Å². The van der Waals surface area contributed by atoms with Crippen LogP contribution in [-0.4, -0.2) is 42.9 Å². The molecular formula is C29H26ClIN4O4. The van der Waals surface area contributed by atoms with Crippen LogP contribution in [0.4, 0.5) is 0 Å². The first-order valence-corrected chi connectivity index (χ1v) is 13.7. The summed E-state index contributed by atoms with van der Waals surface area (Å²) in [5, 5.41) is 20.9. The van der Waals surface area contributed by atoms with E-state index in [1.165, 1.54) is 4.57 Å². The third-order valence-corrected chi connectivity index (χ3v) is 7.38. The Hall–Kier alpha value is -3.54. The minimum absolute atomic E-state index is 0.0920. The summed E-state index contributed by atoms with van der Waals surface area (Å²) in [6, 6.07) is 21.8. The molecule has 0 saturated heterocycles. The topological polar surface area (TPSA) is 116 Å². The third kappa shape index (κ3) is 5.75. The summed E-state index contributed by atoms with van der Waals surface area (Å²) in [5.41, 5.74) is 3.68. The van der Waals surface area contributed by atoms with Crippen LogP contribution >= 0.6 is 34.2 Å². The van der Waals surface area contributed by atoms with E-state index in [9.17, 15) is 9.90 Å². The van der Waals surface area contributed by atoms with Crippen molar-refractivity contribution in [3.8, 4) is 34.1 Å². The standard InChI is InChI=1S/C29H26ClIN4O4/c1-17-25(22-12-9-20(31)16-23(22)30)33-27(32-17)24(15-18-5-3-2-4-6-18)35-28(37)26(34-29(35)38)19-7-10-21(11-8-19)39-14-13-36/h2-12,16,24,36-37H,13-15H2,1H3,(H,32,33)(H,34,38)/t24-/m0/s1. The number of nitrogens with zero attached hydrogens (tertiary/aromatic N) is 2. The Morgan fingerprint density at radius 1 is 1.08 bits per heavy atom. The number of aryl methyl sites for hydroxylation is 1. The number of aromatic amines is 2. The van der Waals surface area contributed by atoms with Crippen molar-refractivity contribution in [1.82, 2.24) is 19.5 Å². The molecule has 0 amide bonds. The van der Waals surface area contributed by atoms with Crippen LogP contribution in [0.5, 0.6) is 11.6 Å². The van der Waals surface area contributed by atoms with Gasteiger partial charge < -0.3 is 24.9 Å². The van der Waals surface area contributed by atoms with Gasteiger partial charge in [-0.1, -0.05) is 48.0 Å². The summed E-state index contributed by atoms with van der Waals surface area (Å²) in [7, 11) is 0. The van der Waals surface area contributed by atoms with E-state index in [1.54, 1.807) is 24.3 Å². The predicted octanol–water partition coefficient (Wildman–Crippen LogP) is 5.71. The second-order valence-electron chi connectivity index (χ2n) is 9.02. The van der Waals surface area contributed by atoms with Gasteiger partial charge in [-0.05, 0) is 71.5 Å². The molecule has 200 valence electrons. The van der Waals surface area contributed by atoms with Crippen molar-refractivity contribution in [3.05, 3.63) is 109 Å². The largest absolute Gasteiger partial charge is 0.493 e. The Morgan fingerprint density at radius 3 is 2.51 bits per heavy atom. The molecule has 0 fully saturated rings. The van der Waals surface area contributed by atoms with Crippen LogP contribution < -0.4 is 10.4 Å². The van der Waals surface area contributed by atoms with Gasteiger partial charge in [-0.3, -0.25) is 4.57 Å². The summed E-state index contributed by atoms with van der Waals surface area (Å²) in [6.07, 6.45) is 0.409. The Labute approximate surface area is 243 Å². The summed E-state index contributed by atoms with van der Waals surface area (Å²) in [4.78, 5) is 24.4. The number of nitrogens with one attached hydrogen (secondary N) is 2. The van der Waals surface area contributed by atoms with Crippen LogP contribution in [0.15, 0.2) is 77.6 Å². The van der Waals surface area contributed by atoms with Gasteiger partial charge in [-0.25, -0.2) is 9.78 Å². The fraction of sp³-hybridized carbons (Fsp3) is 0.172. The molecule has 0 radical (unpaired) electrons. The van der Waals surface area contributed by atoms with E-state index in [0.29, 0.717) is 34.3 Å². The molecule has 0 unspecified atom stereocenters. The number of rotatable bonds is 9. The highest BCUT2D eigenvalue weighted by atomic mass is 127. The second kappa shape index (κ2) is 11.7. The summed E-state index contributed by atoms with van der Waals surface area (Å²) in [5.74, 6) is 0.897. The maximum atomic E-state index is 13.3. The number of benzene rings is 3. The van der Waals surface area contributed by atoms with Crippen molar-refractivity contribution in [2.45, 2.75) is 19.4 Å². The zero-order valence-electron chi connectivity index (χ0n) is 21.0. The normalized spacial score (nSPS) is 12.0. The van der Waals surface area contributed by atoms with E-state index >= 15 is 0 Å². The quantitative estimate of drug-likeness (QED) is 0.152. The molecule has 2 heterocycles. The number of H-pyrrole nitrogens is 2. The van der Waals surface area contributed by atoms with E-state index in [0.717, 1.165) is 20.4 Å². The van der Waals surface area contributed by atoms with E-state index < -0.39 is 11.7 Å². The smallest absolute Gasteiger partial charge is 0.329 e. The molecule has 3 aromatic carbocycles. The van der Waals surface area contributed by atoms with Crippen LogP contribution in [0, 0.1) is 10.5 Å². The van der Waals surface area contributed by atoms with Gasteiger partial charge in [-0.15, -0.1) is 0 Å². The molecule has 0 spiro atoms. The number of hydrogen-bond donors (Lipinski definition) is 4. The number of aliphatic hydroxyl groups is 1. The number of ether oxygens (including phenoxy) is 1. The van der Waals surface area contributed by atoms with E-state index in [2.05, 4.69) is 32.6 Å². The number of halogens is 2. The molecule has 1 atom stereocenters. The first-order valence-electron chi connectivity index (χ1n) is 12.3. The number of aliphatic hydroxyl groups excluding tert-OH is 1. The lowest BCUT2D eigenvalue weighted by Crippen LogP contribution is -2.25. The average molecular weight is 657 g/mol. The van der Waals surface area contributed by atoms with Crippen LogP contribution in [0.1, 0.15) is 23.1 Å². The molecular weight excluding hydrogens is 631 g/mol. The molecule has 0 bridgehead atoms. The Bertz CT molecular complexity index is 1640. The highest BCUT2D eigenvalue weighted by molar-refractivity contribution is 14.1. The fourth-order valence-electron chi connectivity index (χ4n) is 4.54. The zero-order chi connectivity index (χ0) is 27.5. The molecule has 8 nitrogen and oxygen atoms in total. The maximum Gasteiger partial charge on any atom is 0.329 e. The third-order valence-electron chi connectivity index (χ3n) is 6.39. The summed E-state index contributed by atoms with van der Waals surface area (Å²) < 4.78 is 7.76. The van der Waals surface area contributed by atoms with Gasteiger partial charge in [-0.2, -0.15) is 0 Å². The molecule has 2 aromatic heterocycles. The molecule has 0 saturated carbocycles. The Morgan fingerprint density at radius 2 is 1.82 bits per heavy atom. The molecule has 5 rings (SSSR count). The number of hydrogen-bond acceptors (Lipinski definition) is 5. The van der Waals surface area contributed by atoms with Crippen molar-refractivity contribution < 1.29 is 14.9 Å². The SMILES string of the molecule is Cc1[nH]c([C@H](Cc2ccccc2)n2c(O)c(-c3ccc(OCCO)cc3)[nH]c2=O)nc1-c1ccc(I)cc1Cl. The van der Waals surface area contributed by atoms with Gasteiger partial charge in [0.25, 0.3) is 0 Å². The van der Waals surface area contributed by atoms with Crippen molar-refractivity contribution in [2.24, 2.45) is 0 Å². The highest BCUT2D eigenvalue weighted by Gasteiger charge is 2.27. The van der Waals surface area contributed by atoms with Crippen LogP contribution in [0.2, 0.25) is 5.02 Å². The van der Waals surface area contributed by atoms with Gasteiger partial charge in [0.2, 0.25) is 5.88 Å². The van der Waals surface area contributed by atoms with Gasteiger partial charge in [0.05, 0.1) is 17.3 Å². The highest BCUT2D eigenvalue weighted by Crippen LogP contribution is 2.35. The molecule has 39 heavy (non-hydrogen) atoms. The number of imidazole rings is 2.